The molecule has 19 nitrogen and oxygen atoms in total. The number of amides is 1. The standard InChI is InChI=1S/C22H35N4O15P/c1-9(28)24-14-10(29)6-22(20(34)35,41-18(14)15(31)11(30)7-27)3-5-42(37,38)39-8-12-16(32)17(33)19(40-12)26-4-2-13(23)25-21(26)36/h2,4,10-12,14-19,27,29-33H,3,5-8H2,1H3,(H,24,28)(H,34,35)(H,37,38)(H2,23,25,36)/t10-,11+,12+,14+,15+,16+,17+,18+,19+,22+/m0/s1. The summed E-state index contributed by atoms with van der Waals surface area (Å²) >= 11 is 0. The molecule has 1 amide bonds. The van der Waals surface area contributed by atoms with Crippen molar-refractivity contribution in [3.63, 3.8) is 0 Å². The lowest BCUT2D eigenvalue weighted by Crippen LogP contribution is -2.67. The first-order chi connectivity index (χ1) is 19.5. The second kappa shape index (κ2) is 13.4. The fourth-order valence-corrected chi connectivity index (χ4v) is 5.94. The highest BCUT2D eigenvalue weighted by atomic mass is 31.2. The maximum absolute atomic E-state index is 12.8. The Morgan fingerprint density at radius 1 is 1.31 bits per heavy atom. The van der Waals surface area contributed by atoms with Crippen molar-refractivity contribution < 1.29 is 68.8 Å². The summed E-state index contributed by atoms with van der Waals surface area (Å²) in [5, 5.41) is 73.2. The summed E-state index contributed by atoms with van der Waals surface area (Å²) < 4.78 is 29.7. The number of carbonyl (C=O) groups excluding carboxylic acids is 1. The number of carbonyl (C=O) groups is 2. The minimum atomic E-state index is -4.69. The molecular weight excluding hydrogens is 591 g/mol. The first-order valence-corrected chi connectivity index (χ1v) is 14.4. The number of nitrogens with one attached hydrogen (secondary N) is 1. The van der Waals surface area contributed by atoms with E-state index >= 15 is 0 Å². The molecule has 42 heavy (non-hydrogen) atoms. The summed E-state index contributed by atoms with van der Waals surface area (Å²) in [4.78, 5) is 49.9. The second-order valence-corrected chi connectivity index (χ2v) is 12.1. The first kappa shape index (κ1) is 33.9. The number of anilines is 1. The van der Waals surface area contributed by atoms with Crippen molar-refractivity contribution in [3.05, 3.63) is 22.7 Å². The summed E-state index contributed by atoms with van der Waals surface area (Å²) in [6.07, 6.45) is -14.7. The molecule has 1 aromatic rings. The molecule has 0 aliphatic carbocycles. The van der Waals surface area contributed by atoms with Gasteiger partial charge in [-0.05, 0) is 12.5 Å². The Labute approximate surface area is 237 Å². The van der Waals surface area contributed by atoms with Crippen molar-refractivity contribution in [3.8, 4) is 0 Å². The molecule has 0 bridgehead atoms. The van der Waals surface area contributed by atoms with Crippen LogP contribution in [0.4, 0.5) is 5.82 Å². The largest absolute Gasteiger partial charge is 0.479 e. The van der Waals surface area contributed by atoms with Crippen LogP contribution >= 0.6 is 7.60 Å². The normalized spacial score (nSPS) is 34.3. The fourth-order valence-electron chi connectivity index (χ4n) is 4.79. The second-order valence-electron chi connectivity index (χ2n) is 10.1. The van der Waals surface area contributed by atoms with Gasteiger partial charge >= 0.3 is 19.3 Å². The van der Waals surface area contributed by atoms with E-state index in [4.69, 9.17) is 19.7 Å². The third-order valence-corrected chi connectivity index (χ3v) is 8.39. The number of ether oxygens (including phenoxy) is 2. The molecule has 11 N–H and O–H groups in total. The number of aromatic nitrogens is 2. The van der Waals surface area contributed by atoms with Crippen molar-refractivity contribution >= 4 is 25.3 Å². The van der Waals surface area contributed by atoms with Gasteiger partial charge in [0.05, 0.1) is 31.5 Å². The first-order valence-electron chi connectivity index (χ1n) is 12.7. The molecule has 11 atom stereocenters. The molecule has 2 aliphatic rings. The smallest absolute Gasteiger partial charge is 0.351 e. The number of nitrogens with zero attached hydrogens (tertiary/aromatic N) is 2. The van der Waals surface area contributed by atoms with Crippen LogP contribution in [0.1, 0.15) is 26.0 Å². The summed E-state index contributed by atoms with van der Waals surface area (Å²) in [5.74, 6) is -2.49. The van der Waals surface area contributed by atoms with Crippen molar-refractivity contribution in [2.75, 3.05) is 25.1 Å². The number of aliphatic carboxylic acids is 1. The maximum atomic E-state index is 12.8. The van der Waals surface area contributed by atoms with Gasteiger partial charge in [-0.15, -0.1) is 0 Å². The van der Waals surface area contributed by atoms with Gasteiger partial charge in [-0.25, -0.2) is 9.59 Å². The summed E-state index contributed by atoms with van der Waals surface area (Å²) in [6.45, 7) is -0.677. The maximum Gasteiger partial charge on any atom is 0.351 e. The topological polar surface area (TPSA) is 314 Å². The van der Waals surface area contributed by atoms with Crippen LogP contribution < -0.4 is 16.7 Å². The highest BCUT2D eigenvalue weighted by Gasteiger charge is 2.55. The zero-order valence-electron chi connectivity index (χ0n) is 22.2. The Kier molecular flexibility index (Phi) is 10.8. The molecule has 3 heterocycles. The number of hydrogen-bond donors (Lipinski definition) is 10. The number of hydrogen-bond acceptors (Lipinski definition) is 15. The Bertz CT molecular complexity index is 1230. The van der Waals surface area contributed by atoms with Gasteiger partial charge in [0, 0.05) is 19.5 Å². The van der Waals surface area contributed by atoms with E-state index in [9.17, 15) is 59.6 Å². The zero-order chi connectivity index (χ0) is 31.6. The lowest BCUT2D eigenvalue weighted by Gasteiger charge is -2.47. The van der Waals surface area contributed by atoms with Gasteiger partial charge in [-0.3, -0.25) is 13.9 Å². The van der Waals surface area contributed by atoms with E-state index in [1.54, 1.807) is 0 Å². The molecule has 0 radical (unpaired) electrons. The van der Waals surface area contributed by atoms with Crippen LogP contribution in [-0.2, 0) is 28.2 Å². The number of carboxylic acids is 1. The predicted octanol–water partition coefficient (Wildman–Crippen LogP) is -4.77. The molecule has 2 fully saturated rings. The molecule has 0 saturated carbocycles. The van der Waals surface area contributed by atoms with Crippen LogP contribution in [0.2, 0.25) is 0 Å². The van der Waals surface area contributed by atoms with Crippen LogP contribution in [0.25, 0.3) is 0 Å². The molecule has 2 aliphatic heterocycles. The average Bonchev–Trinajstić information content (AvgIpc) is 3.19. The number of carboxylic acid groups (broad SMARTS) is 1. The molecule has 0 spiro atoms. The number of nitrogens with two attached hydrogens (primary N) is 1. The van der Waals surface area contributed by atoms with E-state index in [2.05, 4.69) is 10.3 Å². The van der Waals surface area contributed by atoms with Gasteiger partial charge in [0.25, 0.3) is 0 Å². The lowest BCUT2D eigenvalue weighted by atomic mass is 9.82. The number of aliphatic hydroxyl groups excluding tert-OH is 6. The van der Waals surface area contributed by atoms with Gasteiger partial charge in [-0.2, -0.15) is 4.98 Å². The molecule has 1 unspecified atom stereocenters. The van der Waals surface area contributed by atoms with Crippen LogP contribution in [0.5, 0.6) is 0 Å². The van der Waals surface area contributed by atoms with E-state index in [0.717, 1.165) is 17.7 Å². The van der Waals surface area contributed by atoms with E-state index in [1.165, 1.54) is 6.07 Å². The third-order valence-electron chi connectivity index (χ3n) is 7.05. The Hall–Kier alpha value is -2.55. The van der Waals surface area contributed by atoms with E-state index in [-0.39, 0.29) is 5.82 Å². The van der Waals surface area contributed by atoms with Crippen molar-refractivity contribution in [2.45, 2.75) is 80.4 Å². The Balaban J connectivity index is 1.71. The molecule has 2 saturated heterocycles. The monoisotopic (exact) mass is 626 g/mol. The number of aliphatic hydroxyl groups is 6. The Morgan fingerprint density at radius 3 is 2.55 bits per heavy atom. The summed E-state index contributed by atoms with van der Waals surface area (Å²) in [7, 11) is -4.69. The molecule has 20 heteroatoms. The van der Waals surface area contributed by atoms with Gasteiger partial charge in [0.15, 0.2) is 11.8 Å². The van der Waals surface area contributed by atoms with Gasteiger partial charge in [0.2, 0.25) is 5.91 Å². The van der Waals surface area contributed by atoms with Crippen molar-refractivity contribution in [1.29, 1.82) is 0 Å². The van der Waals surface area contributed by atoms with Gasteiger partial charge < -0.3 is 65.7 Å². The van der Waals surface area contributed by atoms with Crippen molar-refractivity contribution in [1.82, 2.24) is 14.9 Å². The predicted molar refractivity (Wildman–Crippen MR) is 137 cm³/mol. The Morgan fingerprint density at radius 2 is 1.98 bits per heavy atom. The highest BCUT2D eigenvalue weighted by Crippen LogP contribution is 2.47. The van der Waals surface area contributed by atoms with Crippen LogP contribution in [0, 0.1) is 0 Å². The molecule has 3 rings (SSSR count). The van der Waals surface area contributed by atoms with Gasteiger partial charge in [-0.1, -0.05) is 0 Å². The van der Waals surface area contributed by atoms with Crippen molar-refractivity contribution in [2.24, 2.45) is 0 Å². The minimum absolute atomic E-state index is 0.102. The molecule has 1 aromatic heterocycles. The van der Waals surface area contributed by atoms with Gasteiger partial charge in [0.1, 0.15) is 42.4 Å². The SMILES string of the molecule is CC(=O)N[C@H]1[C@H]([C@H](O)[C@H](O)CO)O[C@@](CCP(=O)(O)OC[C@H]2O[C@@H](n3ccc(N)nc3=O)[C@H](O)[C@@H]2O)(C(=O)O)C[C@@H]1O. The van der Waals surface area contributed by atoms with E-state index in [1.807, 2.05) is 0 Å². The average molecular weight is 627 g/mol. The van der Waals surface area contributed by atoms with Crippen LogP contribution in [-0.4, -0.2) is 136 Å². The number of nitrogen functional groups attached to an aromatic ring is 1. The highest BCUT2D eigenvalue weighted by molar-refractivity contribution is 7.52. The summed E-state index contributed by atoms with van der Waals surface area (Å²) in [6, 6.07) is -0.169. The summed E-state index contributed by atoms with van der Waals surface area (Å²) in [5.41, 5.74) is 2.12. The lowest BCUT2D eigenvalue weighted by molar-refractivity contribution is -0.230. The molecular formula is C22H35N4O15P. The van der Waals surface area contributed by atoms with Crippen LogP contribution in [0.3, 0.4) is 0 Å². The third kappa shape index (κ3) is 7.50. The molecule has 0 aromatic carbocycles. The zero-order valence-corrected chi connectivity index (χ0v) is 23.1. The fraction of sp³-hybridized carbons (Fsp3) is 0.727. The number of rotatable bonds is 12. The minimum Gasteiger partial charge on any atom is -0.479 e. The van der Waals surface area contributed by atoms with E-state index in [0.29, 0.717) is 0 Å². The van der Waals surface area contributed by atoms with E-state index < -0.39 is 118 Å². The molecule has 238 valence electrons. The quantitative estimate of drug-likeness (QED) is 0.0973. The van der Waals surface area contributed by atoms with Crippen LogP contribution in [0.15, 0.2) is 17.1 Å².